The van der Waals surface area contributed by atoms with Crippen molar-refractivity contribution in [2.24, 2.45) is 10.8 Å². The molecule has 0 radical (unpaired) electrons. The molecule has 0 aromatic rings. The number of aldehydes is 1. The molecule has 0 amide bonds. The molecular formula is C10H18O3. The van der Waals surface area contributed by atoms with Crippen molar-refractivity contribution in [1.29, 1.82) is 0 Å². The smallest absolute Gasteiger partial charge is 0.319 e. The highest BCUT2D eigenvalue weighted by Crippen LogP contribution is 2.37. The summed E-state index contributed by atoms with van der Waals surface area (Å²) in [4.78, 5) is 22.4. The fourth-order valence-corrected chi connectivity index (χ4v) is 0.812. The second-order valence-electron chi connectivity index (χ2n) is 4.29. The monoisotopic (exact) mass is 186 g/mol. The van der Waals surface area contributed by atoms with Crippen molar-refractivity contribution in [3.63, 3.8) is 0 Å². The Hall–Kier alpha value is -0.860. The van der Waals surface area contributed by atoms with Crippen LogP contribution in [0, 0.1) is 10.8 Å². The molecule has 0 fully saturated rings. The maximum Gasteiger partial charge on any atom is 0.319 e. The van der Waals surface area contributed by atoms with Gasteiger partial charge in [-0.15, -0.1) is 0 Å². The minimum Gasteiger partial charge on any atom is -0.465 e. The van der Waals surface area contributed by atoms with Crippen molar-refractivity contribution in [3.05, 3.63) is 0 Å². The van der Waals surface area contributed by atoms with Gasteiger partial charge in [0, 0.05) is 0 Å². The first kappa shape index (κ1) is 12.1. The quantitative estimate of drug-likeness (QED) is 0.383. The van der Waals surface area contributed by atoms with Gasteiger partial charge in [-0.1, -0.05) is 20.8 Å². The minimum absolute atomic E-state index is 0.304. The molecule has 0 spiro atoms. The van der Waals surface area contributed by atoms with Gasteiger partial charge in [0.1, 0.15) is 11.7 Å². The van der Waals surface area contributed by atoms with Crippen LogP contribution in [0.15, 0.2) is 0 Å². The topological polar surface area (TPSA) is 43.4 Å². The van der Waals surface area contributed by atoms with Gasteiger partial charge in [-0.3, -0.25) is 4.79 Å². The van der Waals surface area contributed by atoms with E-state index in [1.165, 1.54) is 0 Å². The number of rotatable bonds is 3. The van der Waals surface area contributed by atoms with E-state index in [1.54, 1.807) is 13.8 Å². The van der Waals surface area contributed by atoms with Crippen LogP contribution < -0.4 is 0 Å². The Morgan fingerprint density at radius 1 is 1.31 bits per heavy atom. The number of ether oxygens (including phenoxy) is 1. The zero-order valence-electron chi connectivity index (χ0n) is 9.01. The lowest BCUT2D eigenvalue weighted by atomic mass is 9.69. The molecule has 13 heavy (non-hydrogen) atoms. The summed E-state index contributed by atoms with van der Waals surface area (Å²) >= 11 is 0. The Kier molecular flexibility index (Phi) is 3.64. The van der Waals surface area contributed by atoms with Crippen LogP contribution in [0.2, 0.25) is 0 Å². The first-order valence-corrected chi connectivity index (χ1v) is 4.43. The molecule has 1 atom stereocenters. The fourth-order valence-electron chi connectivity index (χ4n) is 0.812. The molecule has 0 aliphatic rings. The van der Waals surface area contributed by atoms with Crippen molar-refractivity contribution >= 4 is 12.3 Å². The lowest BCUT2D eigenvalue weighted by Gasteiger charge is -2.34. The van der Waals surface area contributed by atoms with Gasteiger partial charge in [-0.25, -0.2) is 0 Å². The van der Waals surface area contributed by atoms with Crippen LogP contribution in [0.4, 0.5) is 0 Å². The third kappa shape index (κ3) is 2.29. The van der Waals surface area contributed by atoms with Crippen molar-refractivity contribution in [2.45, 2.75) is 34.6 Å². The van der Waals surface area contributed by atoms with Gasteiger partial charge in [0.15, 0.2) is 0 Å². The highest BCUT2D eigenvalue weighted by atomic mass is 16.5. The average Bonchev–Trinajstić information content (AvgIpc) is 2.01. The zero-order valence-corrected chi connectivity index (χ0v) is 9.01. The highest BCUT2D eigenvalue weighted by Gasteiger charge is 2.45. The van der Waals surface area contributed by atoms with Crippen LogP contribution in [0.1, 0.15) is 34.6 Å². The largest absolute Gasteiger partial charge is 0.465 e. The second-order valence-corrected chi connectivity index (χ2v) is 4.29. The van der Waals surface area contributed by atoms with Crippen molar-refractivity contribution < 1.29 is 14.3 Å². The SMILES string of the molecule is CCOC(=O)C(C)(C=O)C(C)(C)C. The molecule has 0 saturated heterocycles. The Labute approximate surface area is 79.5 Å². The summed E-state index contributed by atoms with van der Waals surface area (Å²) in [6.07, 6.45) is 0.672. The van der Waals surface area contributed by atoms with Crippen LogP contribution in [0.5, 0.6) is 0 Å². The van der Waals surface area contributed by atoms with Crippen LogP contribution in [0.25, 0.3) is 0 Å². The fraction of sp³-hybridized carbons (Fsp3) is 0.800. The Balaban J connectivity index is 4.84. The first-order valence-electron chi connectivity index (χ1n) is 4.43. The molecule has 0 aliphatic carbocycles. The maximum atomic E-state index is 11.5. The van der Waals surface area contributed by atoms with E-state index >= 15 is 0 Å². The number of hydrogen-bond donors (Lipinski definition) is 0. The van der Waals surface area contributed by atoms with E-state index in [2.05, 4.69) is 0 Å². The molecule has 0 heterocycles. The molecule has 0 saturated carbocycles. The standard InChI is InChI=1S/C10H18O3/c1-6-13-8(12)10(5,7-11)9(2,3)4/h7H,6H2,1-5H3. The predicted octanol–water partition coefficient (Wildman–Crippen LogP) is 1.80. The molecule has 3 nitrogen and oxygen atoms in total. The van der Waals surface area contributed by atoms with E-state index in [0.717, 1.165) is 0 Å². The second kappa shape index (κ2) is 3.90. The van der Waals surface area contributed by atoms with Crippen molar-refractivity contribution in [3.8, 4) is 0 Å². The summed E-state index contributed by atoms with van der Waals surface area (Å²) in [6, 6.07) is 0. The molecule has 0 aromatic carbocycles. The average molecular weight is 186 g/mol. The molecule has 0 aromatic heterocycles. The molecule has 0 aliphatic heterocycles. The van der Waals surface area contributed by atoms with E-state index in [4.69, 9.17) is 4.74 Å². The van der Waals surface area contributed by atoms with Crippen LogP contribution in [0.3, 0.4) is 0 Å². The maximum absolute atomic E-state index is 11.5. The third-order valence-corrected chi connectivity index (χ3v) is 2.49. The van der Waals surface area contributed by atoms with Gasteiger partial charge < -0.3 is 9.53 Å². The van der Waals surface area contributed by atoms with E-state index in [0.29, 0.717) is 12.9 Å². The van der Waals surface area contributed by atoms with Crippen molar-refractivity contribution in [2.75, 3.05) is 6.61 Å². The summed E-state index contributed by atoms with van der Waals surface area (Å²) in [7, 11) is 0. The van der Waals surface area contributed by atoms with E-state index in [-0.39, 0.29) is 0 Å². The molecule has 0 rings (SSSR count). The van der Waals surface area contributed by atoms with Gasteiger partial charge >= 0.3 is 5.97 Å². The van der Waals surface area contributed by atoms with E-state index < -0.39 is 16.8 Å². The van der Waals surface area contributed by atoms with Gasteiger partial charge in [-0.2, -0.15) is 0 Å². The molecule has 0 N–H and O–H groups in total. The van der Waals surface area contributed by atoms with Crippen LogP contribution in [-0.4, -0.2) is 18.9 Å². The number of carbonyl (C=O) groups excluding carboxylic acids is 2. The summed E-state index contributed by atoms with van der Waals surface area (Å²) in [5.74, 6) is -0.447. The molecule has 3 heteroatoms. The Morgan fingerprint density at radius 2 is 1.77 bits per heavy atom. The Bertz CT molecular complexity index is 203. The lowest BCUT2D eigenvalue weighted by Crippen LogP contribution is -2.43. The molecule has 0 bridgehead atoms. The summed E-state index contributed by atoms with van der Waals surface area (Å²) in [5, 5.41) is 0. The van der Waals surface area contributed by atoms with Gasteiger partial charge in [-0.05, 0) is 19.3 Å². The lowest BCUT2D eigenvalue weighted by molar-refractivity contribution is -0.162. The predicted molar refractivity (Wildman–Crippen MR) is 50.3 cm³/mol. The van der Waals surface area contributed by atoms with Gasteiger partial charge in [0.05, 0.1) is 6.61 Å². The minimum atomic E-state index is -1.05. The molecule has 1 unspecified atom stereocenters. The Morgan fingerprint density at radius 3 is 2.00 bits per heavy atom. The normalized spacial score (nSPS) is 16.1. The highest BCUT2D eigenvalue weighted by molar-refractivity contribution is 5.93. The van der Waals surface area contributed by atoms with Gasteiger partial charge in [0.25, 0.3) is 0 Å². The first-order chi connectivity index (χ1) is 5.79. The van der Waals surface area contributed by atoms with E-state index in [1.807, 2.05) is 20.8 Å². The van der Waals surface area contributed by atoms with Crippen LogP contribution >= 0.6 is 0 Å². The van der Waals surface area contributed by atoms with Gasteiger partial charge in [0.2, 0.25) is 0 Å². The zero-order chi connectivity index (χ0) is 10.7. The summed E-state index contributed by atoms with van der Waals surface area (Å²) < 4.78 is 4.85. The van der Waals surface area contributed by atoms with E-state index in [9.17, 15) is 9.59 Å². The summed E-state index contributed by atoms with van der Waals surface area (Å²) in [5.41, 5.74) is -1.47. The molecule has 76 valence electrons. The third-order valence-electron chi connectivity index (χ3n) is 2.49. The number of hydrogen-bond acceptors (Lipinski definition) is 3. The van der Waals surface area contributed by atoms with Crippen molar-refractivity contribution in [1.82, 2.24) is 0 Å². The van der Waals surface area contributed by atoms with Crippen LogP contribution in [-0.2, 0) is 14.3 Å². The number of carbonyl (C=O) groups is 2. The summed E-state index contributed by atoms with van der Waals surface area (Å²) in [6.45, 7) is 9.18. The molecular weight excluding hydrogens is 168 g/mol. The number of esters is 1.